The number of thioether (sulfide) groups is 1. The molecule has 150 valence electrons. The first-order valence-electron chi connectivity index (χ1n) is 8.67. The molecule has 1 aliphatic rings. The fourth-order valence-corrected chi connectivity index (χ4v) is 4.95. The molecule has 2 rings (SSSR count). The van der Waals surface area contributed by atoms with E-state index in [2.05, 4.69) is 5.32 Å². The normalized spacial score (nSPS) is 15.3. The molecule has 0 saturated carbocycles. The number of ether oxygens (including phenoxy) is 1. The molecule has 1 aromatic rings. The first-order valence-corrected chi connectivity index (χ1v) is 11.6. The summed E-state index contributed by atoms with van der Waals surface area (Å²) in [5.74, 6) is -0.668. The van der Waals surface area contributed by atoms with Crippen molar-refractivity contribution in [1.29, 1.82) is 0 Å². The molecular weight excluding hydrogens is 412 g/mol. The molecule has 0 spiro atoms. The molecule has 0 bridgehead atoms. The van der Waals surface area contributed by atoms with Gasteiger partial charge in [0.1, 0.15) is 0 Å². The number of hydrogen-bond donors (Lipinski definition) is 1. The Morgan fingerprint density at radius 3 is 2.59 bits per heavy atom. The first-order chi connectivity index (χ1) is 12.8. The topological polar surface area (TPSA) is 92.8 Å². The molecule has 1 heterocycles. The third kappa shape index (κ3) is 6.38. The molecule has 0 radical (unpaired) electrons. The zero-order valence-corrected chi connectivity index (χ0v) is 17.5. The van der Waals surface area contributed by atoms with Gasteiger partial charge in [0.15, 0.2) is 0 Å². The van der Waals surface area contributed by atoms with Gasteiger partial charge in [0, 0.05) is 13.1 Å². The summed E-state index contributed by atoms with van der Waals surface area (Å²) in [6.45, 7) is 3.00. The number of nitrogens with zero attached hydrogens (tertiary/aromatic N) is 1. The van der Waals surface area contributed by atoms with E-state index in [1.54, 1.807) is 6.92 Å². The molecule has 0 aromatic heterocycles. The second kappa shape index (κ2) is 10.3. The number of halogens is 1. The van der Waals surface area contributed by atoms with Crippen LogP contribution >= 0.6 is 23.4 Å². The number of rotatable bonds is 8. The van der Waals surface area contributed by atoms with E-state index in [0.29, 0.717) is 19.7 Å². The van der Waals surface area contributed by atoms with Gasteiger partial charge in [-0.3, -0.25) is 9.59 Å². The molecule has 0 unspecified atom stereocenters. The van der Waals surface area contributed by atoms with Crippen LogP contribution in [0.25, 0.3) is 0 Å². The van der Waals surface area contributed by atoms with E-state index < -0.39 is 10.0 Å². The maximum Gasteiger partial charge on any atom is 0.315 e. The van der Waals surface area contributed by atoms with E-state index in [0.717, 1.165) is 31.0 Å². The molecule has 1 amide bonds. The average molecular weight is 435 g/mol. The number of hydrogen-bond acceptors (Lipinski definition) is 6. The molecule has 0 atom stereocenters. The van der Waals surface area contributed by atoms with Crippen molar-refractivity contribution in [3.63, 3.8) is 0 Å². The largest absolute Gasteiger partial charge is 0.465 e. The summed E-state index contributed by atoms with van der Waals surface area (Å²) in [6, 6.07) is 4.28. The van der Waals surface area contributed by atoms with Gasteiger partial charge in [-0.05, 0) is 38.0 Å². The Bertz CT molecular complexity index is 780. The van der Waals surface area contributed by atoms with Crippen LogP contribution in [0.3, 0.4) is 0 Å². The van der Waals surface area contributed by atoms with Gasteiger partial charge in [0.05, 0.1) is 33.7 Å². The van der Waals surface area contributed by atoms with Gasteiger partial charge >= 0.3 is 5.97 Å². The number of amides is 1. The highest BCUT2D eigenvalue weighted by atomic mass is 35.5. The molecule has 10 heteroatoms. The molecule has 1 aliphatic heterocycles. The molecule has 1 saturated heterocycles. The molecule has 27 heavy (non-hydrogen) atoms. The SMILES string of the molecule is CCOC(=O)CSCC(=O)Nc1cc(S(=O)(=O)N2CCCCC2)ccc1Cl. The standard InChI is InChI=1S/C17H23ClN2O5S2/c1-2-25-17(22)12-26-11-16(21)19-15-10-13(6-7-14(15)18)27(23,24)20-8-4-3-5-9-20/h6-7,10H,2-5,8-9,11-12H2,1H3,(H,19,21). The first kappa shape index (κ1) is 22.0. The van der Waals surface area contributed by atoms with Gasteiger partial charge in [-0.15, -0.1) is 11.8 Å². The summed E-state index contributed by atoms with van der Waals surface area (Å²) >= 11 is 7.21. The Kier molecular flexibility index (Phi) is 8.40. The highest BCUT2D eigenvalue weighted by Crippen LogP contribution is 2.28. The van der Waals surface area contributed by atoms with Crippen molar-refractivity contribution in [3.8, 4) is 0 Å². The Labute approximate surface area is 168 Å². The average Bonchev–Trinajstić information content (AvgIpc) is 2.64. The zero-order chi connectivity index (χ0) is 19.9. The predicted molar refractivity (Wildman–Crippen MR) is 107 cm³/mol. The molecule has 1 aromatic carbocycles. The third-order valence-electron chi connectivity index (χ3n) is 3.92. The Balaban J connectivity index is 2.02. The molecular formula is C17H23ClN2O5S2. The second-order valence-electron chi connectivity index (χ2n) is 5.95. The number of benzene rings is 1. The van der Waals surface area contributed by atoms with Crippen molar-refractivity contribution in [2.24, 2.45) is 0 Å². The Hall–Kier alpha value is -1.29. The van der Waals surface area contributed by atoms with Crippen LogP contribution in [0.2, 0.25) is 5.02 Å². The van der Waals surface area contributed by atoms with Crippen LogP contribution < -0.4 is 5.32 Å². The fourth-order valence-electron chi connectivity index (χ4n) is 2.63. The number of anilines is 1. The number of carbonyl (C=O) groups excluding carboxylic acids is 2. The minimum atomic E-state index is -3.61. The van der Waals surface area contributed by atoms with Crippen molar-refractivity contribution in [2.45, 2.75) is 31.1 Å². The Morgan fingerprint density at radius 1 is 1.22 bits per heavy atom. The van der Waals surface area contributed by atoms with Gasteiger partial charge in [0.25, 0.3) is 0 Å². The van der Waals surface area contributed by atoms with Crippen LogP contribution in [-0.2, 0) is 24.3 Å². The lowest BCUT2D eigenvalue weighted by atomic mass is 10.2. The quantitative estimate of drug-likeness (QED) is 0.632. The lowest BCUT2D eigenvalue weighted by Crippen LogP contribution is -2.35. The molecule has 1 N–H and O–H groups in total. The maximum absolute atomic E-state index is 12.8. The molecule has 7 nitrogen and oxygen atoms in total. The van der Waals surface area contributed by atoms with Crippen LogP contribution in [0, 0.1) is 0 Å². The third-order valence-corrected chi connectivity index (χ3v) is 7.05. The Morgan fingerprint density at radius 2 is 1.93 bits per heavy atom. The minimum absolute atomic E-state index is 0.0260. The van der Waals surface area contributed by atoms with Crippen LogP contribution in [0.1, 0.15) is 26.2 Å². The van der Waals surface area contributed by atoms with E-state index in [-0.39, 0.29) is 39.0 Å². The van der Waals surface area contributed by atoms with Crippen molar-refractivity contribution < 1.29 is 22.7 Å². The summed E-state index contributed by atoms with van der Waals surface area (Å²) in [4.78, 5) is 23.4. The highest BCUT2D eigenvalue weighted by Gasteiger charge is 2.26. The van der Waals surface area contributed by atoms with E-state index in [9.17, 15) is 18.0 Å². The zero-order valence-electron chi connectivity index (χ0n) is 15.1. The van der Waals surface area contributed by atoms with Gasteiger partial charge in [-0.25, -0.2) is 8.42 Å². The maximum atomic E-state index is 12.8. The lowest BCUT2D eigenvalue weighted by molar-refractivity contribution is -0.139. The molecule has 1 fully saturated rings. The van der Waals surface area contributed by atoms with Crippen molar-refractivity contribution in [3.05, 3.63) is 23.2 Å². The fraction of sp³-hybridized carbons (Fsp3) is 0.529. The van der Waals surface area contributed by atoms with Crippen molar-refractivity contribution in [1.82, 2.24) is 4.31 Å². The van der Waals surface area contributed by atoms with Crippen molar-refractivity contribution >= 4 is 50.9 Å². The smallest absolute Gasteiger partial charge is 0.315 e. The predicted octanol–water partition coefficient (Wildman–Crippen LogP) is 2.75. The van der Waals surface area contributed by atoms with Gasteiger partial charge in [-0.1, -0.05) is 18.0 Å². The number of nitrogens with one attached hydrogen (secondary N) is 1. The van der Waals surface area contributed by atoms with Crippen LogP contribution in [0.5, 0.6) is 0 Å². The van der Waals surface area contributed by atoms with E-state index >= 15 is 0 Å². The summed E-state index contributed by atoms with van der Waals surface area (Å²) in [5.41, 5.74) is 0.233. The van der Waals surface area contributed by atoms with Crippen LogP contribution in [0.4, 0.5) is 5.69 Å². The molecule has 0 aliphatic carbocycles. The van der Waals surface area contributed by atoms with Gasteiger partial charge in [-0.2, -0.15) is 4.31 Å². The van der Waals surface area contributed by atoms with E-state index in [4.69, 9.17) is 16.3 Å². The van der Waals surface area contributed by atoms with E-state index in [1.807, 2.05) is 0 Å². The summed E-state index contributed by atoms with van der Waals surface area (Å²) in [6.07, 6.45) is 2.71. The number of esters is 1. The monoisotopic (exact) mass is 434 g/mol. The van der Waals surface area contributed by atoms with Crippen LogP contribution in [-0.4, -0.2) is 55.8 Å². The summed E-state index contributed by atoms with van der Waals surface area (Å²) in [7, 11) is -3.61. The van der Waals surface area contributed by atoms with E-state index in [1.165, 1.54) is 22.5 Å². The highest BCUT2D eigenvalue weighted by molar-refractivity contribution is 8.00. The summed E-state index contributed by atoms with van der Waals surface area (Å²) < 4.78 is 31.8. The number of carbonyl (C=O) groups is 2. The van der Waals surface area contributed by atoms with Crippen LogP contribution in [0.15, 0.2) is 23.1 Å². The number of piperidine rings is 1. The van der Waals surface area contributed by atoms with Crippen molar-refractivity contribution in [2.75, 3.05) is 36.5 Å². The minimum Gasteiger partial charge on any atom is -0.465 e. The summed E-state index contributed by atoms with van der Waals surface area (Å²) in [5, 5.41) is 2.85. The van der Waals surface area contributed by atoms with Gasteiger partial charge < -0.3 is 10.1 Å². The lowest BCUT2D eigenvalue weighted by Gasteiger charge is -2.26. The van der Waals surface area contributed by atoms with Gasteiger partial charge in [0.2, 0.25) is 15.9 Å². The second-order valence-corrected chi connectivity index (χ2v) is 9.28. The number of sulfonamides is 1.